The van der Waals surface area contributed by atoms with Crippen LogP contribution in [0, 0.1) is 0 Å². The highest BCUT2D eigenvalue weighted by molar-refractivity contribution is 6.79. The molecule has 14 heavy (non-hydrogen) atoms. The average molecular weight is 216 g/mol. The summed E-state index contributed by atoms with van der Waals surface area (Å²) in [6.45, 7) is 9.28. The Labute approximate surface area is 88.7 Å². The first-order valence-electron chi connectivity index (χ1n) is 5.76. The molecule has 0 amide bonds. The van der Waals surface area contributed by atoms with Gasteiger partial charge in [-0.05, 0) is 6.42 Å². The van der Waals surface area contributed by atoms with Gasteiger partial charge in [0.05, 0.1) is 20.8 Å². The monoisotopic (exact) mass is 216 g/mol. The standard InChI is InChI=1S/C11H24O2Si/c1-5-6-7-8-10-11(9-12,13-10)14(2,3)4/h10,12H,5-9H2,1-4H3/t10-,11-/m0/s1. The number of epoxide rings is 1. The molecule has 1 aliphatic heterocycles. The second-order valence-corrected chi connectivity index (χ2v) is 10.7. The minimum absolute atomic E-state index is 0.110. The van der Waals surface area contributed by atoms with Crippen LogP contribution < -0.4 is 0 Å². The number of unbranched alkanes of at least 4 members (excludes halogenated alkanes) is 2. The van der Waals surface area contributed by atoms with Gasteiger partial charge in [0.1, 0.15) is 5.22 Å². The first-order chi connectivity index (χ1) is 6.48. The normalized spacial score (nSPS) is 31.9. The second-order valence-electron chi connectivity index (χ2n) is 5.40. The number of rotatable bonds is 6. The molecule has 1 heterocycles. The van der Waals surface area contributed by atoms with E-state index in [0.29, 0.717) is 6.10 Å². The lowest BCUT2D eigenvalue weighted by Gasteiger charge is -2.24. The molecule has 2 atom stereocenters. The lowest BCUT2D eigenvalue weighted by Crippen LogP contribution is -2.46. The van der Waals surface area contributed by atoms with Gasteiger partial charge in [0.25, 0.3) is 0 Å². The van der Waals surface area contributed by atoms with Crippen molar-refractivity contribution >= 4 is 8.07 Å². The zero-order chi connectivity index (χ0) is 10.8. The lowest BCUT2D eigenvalue weighted by atomic mass is 10.1. The van der Waals surface area contributed by atoms with Crippen LogP contribution in [-0.4, -0.2) is 31.1 Å². The van der Waals surface area contributed by atoms with E-state index in [0.717, 1.165) is 6.42 Å². The predicted octanol–water partition coefficient (Wildman–Crippen LogP) is 2.57. The van der Waals surface area contributed by atoms with Crippen molar-refractivity contribution in [2.75, 3.05) is 6.61 Å². The third kappa shape index (κ3) is 2.20. The van der Waals surface area contributed by atoms with Gasteiger partial charge < -0.3 is 9.84 Å². The van der Waals surface area contributed by atoms with Crippen LogP contribution in [0.3, 0.4) is 0 Å². The maximum absolute atomic E-state index is 9.43. The SMILES string of the molecule is CCCCC[C@@H]1O[C@@]1(CO)[Si](C)(C)C. The fraction of sp³-hybridized carbons (Fsp3) is 1.00. The van der Waals surface area contributed by atoms with E-state index >= 15 is 0 Å². The molecule has 0 spiro atoms. The molecule has 0 aromatic heterocycles. The molecular formula is C11H24O2Si. The van der Waals surface area contributed by atoms with Gasteiger partial charge in [0.2, 0.25) is 0 Å². The van der Waals surface area contributed by atoms with Gasteiger partial charge in [0.15, 0.2) is 0 Å². The second kappa shape index (κ2) is 4.33. The van der Waals surface area contributed by atoms with Crippen LogP contribution in [-0.2, 0) is 4.74 Å². The van der Waals surface area contributed by atoms with Gasteiger partial charge in [0, 0.05) is 0 Å². The number of hydrogen-bond acceptors (Lipinski definition) is 2. The number of hydrogen-bond donors (Lipinski definition) is 1. The van der Waals surface area contributed by atoms with Crippen molar-refractivity contribution in [1.29, 1.82) is 0 Å². The van der Waals surface area contributed by atoms with Crippen molar-refractivity contribution in [3.8, 4) is 0 Å². The third-order valence-corrected chi connectivity index (χ3v) is 6.53. The van der Waals surface area contributed by atoms with Gasteiger partial charge >= 0.3 is 0 Å². The third-order valence-electron chi connectivity index (χ3n) is 3.39. The zero-order valence-corrected chi connectivity index (χ0v) is 11.0. The first kappa shape index (κ1) is 12.2. The Morgan fingerprint density at radius 2 is 1.93 bits per heavy atom. The van der Waals surface area contributed by atoms with Crippen LogP contribution in [0.15, 0.2) is 0 Å². The van der Waals surface area contributed by atoms with Crippen molar-refractivity contribution in [3.63, 3.8) is 0 Å². The molecule has 1 saturated heterocycles. The minimum atomic E-state index is -1.37. The molecule has 0 radical (unpaired) electrons. The van der Waals surface area contributed by atoms with Crippen LogP contribution in [0.5, 0.6) is 0 Å². The summed E-state index contributed by atoms with van der Waals surface area (Å²) in [5.41, 5.74) is 0. The van der Waals surface area contributed by atoms with Crippen LogP contribution in [0.1, 0.15) is 32.6 Å². The summed E-state index contributed by atoms with van der Waals surface area (Å²) in [6.07, 6.45) is 5.27. The summed E-state index contributed by atoms with van der Waals surface area (Å²) in [4.78, 5) is 0. The van der Waals surface area contributed by atoms with Gasteiger partial charge in [-0.2, -0.15) is 0 Å². The van der Waals surface area contributed by atoms with Crippen LogP contribution in [0.2, 0.25) is 19.6 Å². The van der Waals surface area contributed by atoms with E-state index in [1.54, 1.807) is 0 Å². The van der Waals surface area contributed by atoms with Crippen molar-refractivity contribution in [1.82, 2.24) is 0 Å². The molecule has 0 aromatic rings. The van der Waals surface area contributed by atoms with Gasteiger partial charge in [-0.1, -0.05) is 45.8 Å². The summed E-state index contributed by atoms with van der Waals surface area (Å²) in [7, 11) is -1.37. The highest BCUT2D eigenvalue weighted by Gasteiger charge is 2.63. The van der Waals surface area contributed by atoms with Crippen LogP contribution in [0.4, 0.5) is 0 Å². The summed E-state index contributed by atoms with van der Waals surface area (Å²) < 4.78 is 5.78. The fourth-order valence-corrected chi connectivity index (χ4v) is 4.21. The number of ether oxygens (including phenoxy) is 1. The zero-order valence-electron chi connectivity index (χ0n) is 9.97. The van der Waals surface area contributed by atoms with Gasteiger partial charge in [-0.15, -0.1) is 0 Å². The number of aliphatic hydroxyl groups excluding tert-OH is 1. The molecule has 1 aliphatic rings. The van der Waals surface area contributed by atoms with Crippen molar-refractivity contribution in [2.45, 2.75) is 63.6 Å². The van der Waals surface area contributed by atoms with E-state index in [-0.39, 0.29) is 11.8 Å². The van der Waals surface area contributed by atoms with Crippen molar-refractivity contribution in [2.24, 2.45) is 0 Å². The molecule has 1 N–H and O–H groups in total. The van der Waals surface area contributed by atoms with Gasteiger partial charge in [-0.25, -0.2) is 0 Å². The largest absolute Gasteiger partial charge is 0.394 e. The first-order valence-corrected chi connectivity index (χ1v) is 9.26. The quantitative estimate of drug-likeness (QED) is 0.420. The summed E-state index contributed by atoms with van der Waals surface area (Å²) in [5, 5.41) is 9.32. The Hall–Kier alpha value is 0.137. The lowest BCUT2D eigenvalue weighted by molar-refractivity contribution is 0.214. The topological polar surface area (TPSA) is 32.8 Å². The Morgan fingerprint density at radius 1 is 1.29 bits per heavy atom. The molecule has 0 aromatic carbocycles. The maximum Gasteiger partial charge on any atom is 0.106 e. The highest BCUT2D eigenvalue weighted by atomic mass is 28.3. The Kier molecular flexibility index (Phi) is 3.78. The molecule has 84 valence electrons. The van der Waals surface area contributed by atoms with E-state index in [2.05, 4.69) is 26.6 Å². The summed E-state index contributed by atoms with van der Waals surface area (Å²) in [5.74, 6) is 0. The summed E-state index contributed by atoms with van der Waals surface area (Å²) in [6, 6.07) is 0. The van der Waals surface area contributed by atoms with Crippen LogP contribution >= 0.6 is 0 Å². The molecule has 3 heteroatoms. The Morgan fingerprint density at radius 3 is 2.29 bits per heavy atom. The van der Waals surface area contributed by atoms with E-state index in [1.165, 1.54) is 19.3 Å². The molecule has 0 aliphatic carbocycles. The molecular weight excluding hydrogens is 192 g/mol. The van der Waals surface area contributed by atoms with Gasteiger partial charge in [-0.3, -0.25) is 0 Å². The van der Waals surface area contributed by atoms with E-state index in [4.69, 9.17) is 4.74 Å². The van der Waals surface area contributed by atoms with E-state index in [1.807, 2.05) is 0 Å². The molecule has 2 nitrogen and oxygen atoms in total. The van der Waals surface area contributed by atoms with E-state index in [9.17, 15) is 5.11 Å². The molecule has 1 rings (SSSR count). The minimum Gasteiger partial charge on any atom is -0.394 e. The fourth-order valence-electron chi connectivity index (χ4n) is 2.13. The molecule has 0 saturated carbocycles. The average Bonchev–Trinajstić information content (AvgIpc) is 2.79. The smallest absolute Gasteiger partial charge is 0.106 e. The van der Waals surface area contributed by atoms with Crippen molar-refractivity contribution < 1.29 is 9.84 Å². The van der Waals surface area contributed by atoms with E-state index < -0.39 is 8.07 Å². The predicted molar refractivity (Wildman–Crippen MR) is 62.2 cm³/mol. The molecule has 1 fully saturated rings. The Balaban J connectivity index is 2.39. The highest BCUT2D eigenvalue weighted by Crippen LogP contribution is 2.46. The molecule has 0 unspecified atom stereocenters. The number of aliphatic hydroxyl groups is 1. The Bertz CT molecular complexity index is 188. The van der Waals surface area contributed by atoms with Crippen LogP contribution in [0.25, 0.3) is 0 Å². The summed E-state index contributed by atoms with van der Waals surface area (Å²) >= 11 is 0. The molecule has 0 bridgehead atoms. The maximum atomic E-state index is 9.43. The van der Waals surface area contributed by atoms with Crippen molar-refractivity contribution in [3.05, 3.63) is 0 Å².